The van der Waals surface area contributed by atoms with E-state index in [0.717, 1.165) is 38.3 Å². The fourth-order valence-corrected chi connectivity index (χ4v) is 3.66. The number of hydrogen-bond acceptors (Lipinski definition) is 4. The second-order valence-corrected chi connectivity index (χ2v) is 5.63. The van der Waals surface area contributed by atoms with Crippen LogP contribution in [0, 0.1) is 0 Å². The zero-order valence-corrected chi connectivity index (χ0v) is 10.1. The molecule has 3 rings (SSSR count). The van der Waals surface area contributed by atoms with E-state index in [4.69, 9.17) is 0 Å². The first-order valence-electron chi connectivity index (χ1n) is 6.60. The van der Waals surface area contributed by atoms with Gasteiger partial charge in [0.2, 0.25) is 0 Å². The normalized spacial score (nSPS) is 46.1. The number of rotatable bonds is 1. The van der Waals surface area contributed by atoms with Gasteiger partial charge in [0, 0.05) is 44.3 Å². The van der Waals surface area contributed by atoms with Gasteiger partial charge < -0.3 is 10.4 Å². The van der Waals surface area contributed by atoms with Crippen LogP contribution in [0.1, 0.15) is 19.3 Å². The number of likely N-dealkylation sites (tertiary alicyclic amines) is 1. The van der Waals surface area contributed by atoms with Gasteiger partial charge >= 0.3 is 0 Å². The van der Waals surface area contributed by atoms with E-state index in [1.807, 2.05) is 0 Å². The molecule has 4 heteroatoms. The topological polar surface area (TPSA) is 38.7 Å². The van der Waals surface area contributed by atoms with Crippen LogP contribution in [-0.2, 0) is 0 Å². The fourth-order valence-electron chi connectivity index (χ4n) is 3.66. The molecule has 0 saturated carbocycles. The second kappa shape index (κ2) is 4.26. The summed E-state index contributed by atoms with van der Waals surface area (Å²) in [7, 11) is 2.27. The van der Waals surface area contributed by atoms with E-state index >= 15 is 0 Å². The van der Waals surface area contributed by atoms with Crippen LogP contribution >= 0.6 is 0 Å². The molecule has 4 atom stereocenters. The predicted octanol–water partition coefficient (Wildman–Crippen LogP) is -0.512. The summed E-state index contributed by atoms with van der Waals surface area (Å²) in [6.45, 7) is 4.04. The van der Waals surface area contributed by atoms with Crippen molar-refractivity contribution in [2.45, 2.75) is 43.5 Å². The van der Waals surface area contributed by atoms with Gasteiger partial charge in [0.05, 0.1) is 6.10 Å². The molecule has 0 amide bonds. The van der Waals surface area contributed by atoms with Crippen molar-refractivity contribution in [2.24, 2.45) is 0 Å². The molecule has 3 saturated heterocycles. The summed E-state index contributed by atoms with van der Waals surface area (Å²) < 4.78 is 0. The van der Waals surface area contributed by atoms with E-state index in [1.54, 1.807) is 0 Å². The van der Waals surface area contributed by atoms with Crippen LogP contribution < -0.4 is 5.32 Å². The highest BCUT2D eigenvalue weighted by Crippen LogP contribution is 2.29. The summed E-state index contributed by atoms with van der Waals surface area (Å²) >= 11 is 0. The molecular weight excluding hydrogens is 202 g/mol. The summed E-state index contributed by atoms with van der Waals surface area (Å²) in [6, 6.07) is 1.87. The molecule has 0 aromatic heterocycles. The number of aliphatic hydroxyl groups is 1. The monoisotopic (exact) mass is 225 g/mol. The average Bonchev–Trinajstić information content (AvgIpc) is 2.74. The Labute approximate surface area is 97.6 Å². The molecule has 0 aliphatic carbocycles. The molecule has 16 heavy (non-hydrogen) atoms. The third-order valence-electron chi connectivity index (χ3n) is 4.80. The minimum Gasteiger partial charge on any atom is -0.390 e. The van der Waals surface area contributed by atoms with Crippen molar-refractivity contribution in [2.75, 3.05) is 33.2 Å². The lowest BCUT2D eigenvalue weighted by atomic mass is 10.1. The Balaban J connectivity index is 1.69. The zero-order chi connectivity index (χ0) is 11.1. The quantitative estimate of drug-likeness (QED) is 0.630. The minimum atomic E-state index is -0.165. The Bertz CT molecular complexity index is 261. The molecule has 3 fully saturated rings. The lowest BCUT2D eigenvalue weighted by Crippen LogP contribution is -2.47. The van der Waals surface area contributed by atoms with Crippen LogP contribution in [-0.4, -0.2) is 72.4 Å². The van der Waals surface area contributed by atoms with Crippen molar-refractivity contribution in [1.29, 1.82) is 0 Å². The molecule has 2 bridgehead atoms. The van der Waals surface area contributed by atoms with E-state index in [1.165, 1.54) is 19.3 Å². The summed E-state index contributed by atoms with van der Waals surface area (Å²) in [5, 5.41) is 13.2. The second-order valence-electron chi connectivity index (χ2n) is 5.63. The Morgan fingerprint density at radius 1 is 1.12 bits per heavy atom. The highest BCUT2D eigenvalue weighted by molar-refractivity contribution is 4.96. The van der Waals surface area contributed by atoms with Crippen molar-refractivity contribution in [3.05, 3.63) is 0 Å². The van der Waals surface area contributed by atoms with E-state index in [-0.39, 0.29) is 6.10 Å². The third kappa shape index (κ3) is 1.78. The molecule has 4 nitrogen and oxygen atoms in total. The number of aliphatic hydroxyl groups excluding tert-OH is 1. The van der Waals surface area contributed by atoms with Gasteiger partial charge in [0.25, 0.3) is 0 Å². The highest BCUT2D eigenvalue weighted by Gasteiger charge is 2.39. The smallest absolute Gasteiger partial charge is 0.0831 e. The van der Waals surface area contributed by atoms with Crippen molar-refractivity contribution >= 4 is 0 Å². The average molecular weight is 225 g/mol. The van der Waals surface area contributed by atoms with E-state index in [9.17, 15) is 5.11 Å². The van der Waals surface area contributed by atoms with Crippen molar-refractivity contribution in [3.63, 3.8) is 0 Å². The summed E-state index contributed by atoms with van der Waals surface area (Å²) in [5.41, 5.74) is 0. The van der Waals surface area contributed by atoms with E-state index in [0.29, 0.717) is 6.04 Å². The number of likely N-dealkylation sites (N-methyl/N-ethyl adjacent to an activating group) is 1. The van der Waals surface area contributed by atoms with Gasteiger partial charge in [-0.2, -0.15) is 0 Å². The molecule has 0 aromatic carbocycles. The van der Waals surface area contributed by atoms with Gasteiger partial charge in [-0.3, -0.25) is 9.80 Å². The maximum Gasteiger partial charge on any atom is 0.0831 e. The summed E-state index contributed by atoms with van der Waals surface area (Å²) in [4.78, 5) is 5.08. The van der Waals surface area contributed by atoms with Gasteiger partial charge in [-0.25, -0.2) is 0 Å². The van der Waals surface area contributed by atoms with Gasteiger partial charge in [-0.15, -0.1) is 0 Å². The molecule has 2 N–H and O–H groups in total. The SMILES string of the molecule is CN1C2CCC1CN(C1CNCC1O)CC2. The van der Waals surface area contributed by atoms with Gasteiger partial charge in [-0.05, 0) is 26.3 Å². The Hall–Kier alpha value is -0.160. The molecule has 0 aromatic rings. The summed E-state index contributed by atoms with van der Waals surface area (Å²) in [6.07, 6.45) is 3.83. The van der Waals surface area contributed by atoms with Crippen molar-refractivity contribution < 1.29 is 5.11 Å². The standard InChI is InChI=1S/C12H23N3O/c1-14-9-2-3-10(14)8-15(5-4-9)11-6-13-7-12(11)16/h9-13,16H,2-8H2,1H3. The highest BCUT2D eigenvalue weighted by atomic mass is 16.3. The Morgan fingerprint density at radius 2 is 1.94 bits per heavy atom. The molecular formula is C12H23N3O. The van der Waals surface area contributed by atoms with E-state index < -0.39 is 0 Å². The van der Waals surface area contributed by atoms with Crippen LogP contribution in [0.15, 0.2) is 0 Å². The molecule has 0 spiro atoms. The minimum absolute atomic E-state index is 0.165. The van der Waals surface area contributed by atoms with Crippen LogP contribution in [0.25, 0.3) is 0 Å². The van der Waals surface area contributed by atoms with Crippen molar-refractivity contribution in [3.8, 4) is 0 Å². The maximum atomic E-state index is 9.95. The maximum absolute atomic E-state index is 9.95. The number of β-amino-alcohol motifs (C(OH)–C–C–N with tert-alkyl or cyclic N) is 1. The first kappa shape index (κ1) is 11.0. The van der Waals surface area contributed by atoms with Crippen LogP contribution in [0.4, 0.5) is 0 Å². The molecule has 3 aliphatic rings. The van der Waals surface area contributed by atoms with Crippen LogP contribution in [0.3, 0.4) is 0 Å². The number of nitrogens with one attached hydrogen (secondary N) is 1. The third-order valence-corrected chi connectivity index (χ3v) is 4.80. The first-order chi connectivity index (χ1) is 7.75. The molecule has 92 valence electrons. The van der Waals surface area contributed by atoms with Gasteiger partial charge in [-0.1, -0.05) is 0 Å². The van der Waals surface area contributed by atoms with E-state index in [2.05, 4.69) is 22.2 Å². The fraction of sp³-hybridized carbons (Fsp3) is 1.00. The van der Waals surface area contributed by atoms with Crippen LogP contribution in [0.5, 0.6) is 0 Å². The van der Waals surface area contributed by atoms with Gasteiger partial charge in [0.15, 0.2) is 0 Å². The largest absolute Gasteiger partial charge is 0.390 e. The number of fused-ring (bicyclic) bond motifs is 2. The summed E-state index contributed by atoms with van der Waals surface area (Å²) in [5.74, 6) is 0. The molecule has 3 aliphatic heterocycles. The predicted molar refractivity (Wildman–Crippen MR) is 63.4 cm³/mol. The lowest BCUT2D eigenvalue weighted by molar-refractivity contribution is 0.0767. The molecule has 0 radical (unpaired) electrons. The van der Waals surface area contributed by atoms with Crippen molar-refractivity contribution in [1.82, 2.24) is 15.1 Å². The first-order valence-corrected chi connectivity index (χ1v) is 6.60. The van der Waals surface area contributed by atoms with Crippen LogP contribution in [0.2, 0.25) is 0 Å². The Kier molecular flexibility index (Phi) is 2.92. The zero-order valence-electron chi connectivity index (χ0n) is 10.1. The molecule has 3 heterocycles. The number of hydrogen-bond donors (Lipinski definition) is 2. The molecule has 4 unspecified atom stereocenters. The van der Waals surface area contributed by atoms with Gasteiger partial charge in [0.1, 0.15) is 0 Å². The Morgan fingerprint density at radius 3 is 2.69 bits per heavy atom. The number of nitrogens with zero attached hydrogens (tertiary/aromatic N) is 2. The lowest BCUT2D eigenvalue weighted by Gasteiger charge is -2.32.